The van der Waals surface area contributed by atoms with Gasteiger partial charge in [-0.1, -0.05) is 91.0 Å². The van der Waals surface area contributed by atoms with E-state index in [4.69, 9.17) is 0 Å². The SMILES string of the molecule is C[C@H]1CCN(C(=O)C(Cc2ccc(O)cc2)NC(=O)C(c2ccccc2)c2ccccc2)CC(=O)CN1C(=O)c1csc2ccccc12. The lowest BCUT2D eigenvalue weighted by Crippen LogP contribution is -2.55. The highest BCUT2D eigenvalue weighted by Gasteiger charge is 2.34. The highest BCUT2D eigenvalue weighted by molar-refractivity contribution is 7.17. The van der Waals surface area contributed by atoms with Crippen LogP contribution in [0.3, 0.4) is 0 Å². The summed E-state index contributed by atoms with van der Waals surface area (Å²) in [5, 5.41) is 15.6. The van der Waals surface area contributed by atoms with E-state index in [1.807, 2.05) is 97.2 Å². The van der Waals surface area contributed by atoms with Gasteiger partial charge in [0.1, 0.15) is 11.8 Å². The summed E-state index contributed by atoms with van der Waals surface area (Å²) in [6.07, 6.45) is 0.626. The van der Waals surface area contributed by atoms with Crippen LogP contribution in [0, 0.1) is 0 Å². The van der Waals surface area contributed by atoms with Gasteiger partial charge in [-0.05, 0) is 48.2 Å². The van der Waals surface area contributed by atoms with Gasteiger partial charge < -0.3 is 20.2 Å². The fourth-order valence-electron chi connectivity index (χ4n) is 6.27. The number of carbonyl (C=O) groups is 4. The Bertz CT molecular complexity index is 1870. The second kappa shape index (κ2) is 14.6. The van der Waals surface area contributed by atoms with E-state index in [1.54, 1.807) is 29.2 Å². The van der Waals surface area contributed by atoms with Crippen molar-refractivity contribution in [2.75, 3.05) is 19.6 Å². The van der Waals surface area contributed by atoms with Gasteiger partial charge in [-0.25, -0.2) is 0 Å². The van der Waals surface area contributed by atoms with E-state index >= 15 is 0 Å². The zero-order valence-corrected chi connectivity index (χ0v) is 27.4. The number of nitrogens with zero attached hydrogens (tertiary/aromatic N) is 2. The van der Waals surface area contributed by atoms with Crippen LogP contribution >= 0.6 is 11.3 Å². The van der Waals surface area contributed by atoms with E-state index in [0.29, 0.717) is 12.0 Å². The van der Waals surface area contributed by atoms with Gasteiger partial charge in [0.15, 0.2) is 5.78 Å². The third kappa shape index (κ3) is 7.31. The van der Waals surface area contributed by atoms with Crippen molar-refractivity contribution >= 4 is 44.9 Å². The summed E-state index contributed by atoms with van der Waals surface area (Å²) >= 11 is 1.50. The first kappa shape index (κ1) is 32.7. The Morgan fingerprint density at radius 2 is 1.48 bits per heavy atom. The van der Waals surface area contributed by atoms with Crippen LogP contribution in [0.4, 0.5) is 0 Å². The Morgan fingerprint density at radius 1 is 0.854 bits per heavy atom. The van der Waals surface area contributed by atoms with Crippen molar-refractivity contribution in [3.8, 4) is 5.75 Å². The van der Waals surface area contributed by atoms with Crippen molar-refractivity contribution in [3.05, 3.63) is 137 Å². The molecule has 1 aromatic heterocycles. The number of phenolic OH excluding ortho intramolecular Hbond substituents is 1. The highest BCUT2D eigenvalue weighted by atomic mass is 32.1. The van der Waals surface area contributed by atoms with Crippen molar-refractivity contribution in [3.63, 3.8) is 0 Å². The van der Waals surface area contributed by atoms with E-state index in [0.717, 1.165) is 26.8 Å². The minimum absolute atomic E-state index is 0.0942. The van der Waals surface area contributed by atoms with Crippen molar-refractivity contribution in [1.29, 1.82) is 0 Å². The van der Waals surface area contributed by atoms with Crippen LogP contribution in [0.2, 0.25) is 0 Å². The fraction of sp³-hybridized carbons (Fsp3) is 0.231. The monoisotopic (exact) mass is 659 g/mol. The van der Waals surface area contributed by atoms with Crippen LogP contribution in [0.5, 0.6) is 5.75 Å². The molecule has 2 N–H and O–H groups in total. The van der Waals surface area contributed by atoms with Crippen LogP contribution in [-0.4, -0.2) is 70.1 Å². The van der Waals surface area contributed by atoms with Gasteiger partial charge in [-0.15, -0.1) is 11.3 Å². The zero-order chi connectivity index (χ0) is 33.6. The van der Waals surface area contributed by atoms with Crippen molar-refractivity contribution in [2.24, 2.45) is 0 Å². The Labute approximate surface area is 283 Å². The summed E-state index contributed by atoms with van der Waals surface area (Å²) < 4.78 is 1.01. The van der Waals surface area contributed by atoms with Crippen LogP contribution in [0.15, 0.2) is 115 Å². The third-order valence-electron chi connectivity index (χ3n) is 8.87. The molecule has 2 heterocycles. The predicted octanol–water partition coefficient (Wildman–Crippen LogP) is 5.80. The minimum atomic E-state index is -0.977. The number of carbonyl (C=O) groups excluding carboxylic acids is 4. The van der Waals surface area contributed by atoms with Crippen LogP contribution in [-0.2, 0) is 20.8 Å². The molecule has 5 aromatic rings. The van der Waals surface area contributed by atoms with E-state index < -0.39 is 12.0 Å². The van der Waals surface area contributed by atoms with Gasteiger partial charge in [-0.2, -0.15) is 0 Å². The fourth-order valence-corrected chi connectivity index (χ4v) is 7.21. The second-order valence-electron chi connectivity index (χ2n) is 12.2. The van der Waals surface area contributed by atoms with Crippen LogP contribution < -0.4 is 5.32 Å². The number of rotatable bonds is 8. The molecule has 0 spiro atoms. The third-order valence-corrected chi connectivity index (χ3v) is 9.83. The topological polar surface area (TPSA) is 107 Å². The maximum atomic E-state index is 14.3. The number of phenols is 1. The lowest BCUT2D eigenvalue weighted by Gasteiger charge is -2.36. The maximum Gasteiger partial charge on any atom is 0.255 e. The number of hydrogen-bond donors (Lipinski definition) is 2. The number of aromatic hydroxyl groups is 1. The lowest BCUT2D eigenvalue weighted by atomic mass is 9.90. The zero-order valence-electron chi connectivity index (χ0n) is 26.6. The number of nitrogens with one attached hydrogen (secondary N) is 1. The first-order valence-corrected chi connectivity index (χ1v) is 16.9. The molecule has 3 amide bonds. The standard InChI is InChI=1S/C39H37N3O5S/c1-26-20-21-41(23-31(44)24-42(26)38(46)33-25-48-35-15-9-8-14-32(33)35)39(47)34(22-27-16-18-30(43)19-17-27)40-37(45)36(28-10-4-2-5-11-28)29-12-6-3-7-13-29/h2-19,25-26,34,36,43H,20-24H2,1H3,(H,40,45)/t26-,34?/m0/s1. The molecule has 0 saturated carbocycles. The number of thiophene rings is 1. The first-order valence-electron chi connectivity index (χ1n) is 16.0. The van der Waals surface area contributed by atoms with Crippen molar-refractivity contribution in [2.45, 2.75) is 37.8 Å². The normalized spacial score (nSPS) is 16.0. The molecule has 4 aromatic carbocycles. The maximum absolute atomic E-state index is 14.3. The predicted molar refractivity (Wildman–Crippen MR) is 187 cm³/mol. The van der Waals surface area contributed by atoms with E-state index in [1.165, 1.54) is 16.2 Å². The molecular weight excluding hydrogens is 623 g/mol. The smallest absolute Gasteiger partial charge is 0.255 e. The number of Topliss-reactive ketones (excluding diaryl/α,β-unsaturated/α-hetero) is 1. The Kier molecular flexibility index (Phi) is 9.96. The van der Waals surface area contributed by atoms with Crippen LogP contribution in [0.25, 0.3) is 10.1 Å². The molecule has 1 aliphatic rings. The largest absolute Gasteiger partial charge is 0.508 e. The number of hydrogen-bond acceptors (Lipinski definition) is 6. The molecule has 1 saturated heterocycles. The summed E-state index contributed by atoms with van der Waals surface area (Å²) in [6.45, 7) is 1.84. The molecule has 9 heteroatoms. The average molecular weight is 660 g/mol. The Balaban J connectivity index is 1.24. The Morgan fingerprint density at radius 3 is 2.15 bits per heavy atom. The molecule has 0 bridgehead atoms. The summed E-state index contributed by atoms with van der Waals surface area (Å²) in [5.74, 6) is -1.74. The van der Waals surface area contributed by atoms with Crippen molar-refractivity contribution < 1.29 is 24.3 Å². The summed E-state index contributed by atoms with van der Waals surface area (Å²) in [6, 6.07) is 31.8. The molecular formula is C39H37N3O5S. The molecule has 1 fully saturated rings. The van der Waals surface area contributed by atoms with Crippen LogP contribution in [0.1, 0.15) is 46.3 Å². The summed E-state index contributed by atoms with van der Waals surface area (Å²) in [5.41, 5.74) is 2.90. The Hall–Kier alpha value is -5.28. The van der Waals surface area contributed by atoms with Gasteiger partial charge >= 0.3 is 0 Å². The van der Waals surface area contributed by atoms with E-state index in [-0.39, 0.29) is 61.4 Å². The second-order valence-corrected chi connectivity index (χ2v) is 13.1. The van der Waals surface area contributed by atoms with E-state index in [2.05, 4.69) is 5.32 Å². The number of benzene rings is 4. The molecule has 2 atom stereocenters. The molecule has 0 radical (unpaired) electrons. The molecule has 1 aliphatic heterocycles. The highest BCUT2D eigenvalue weighted by Crippen LogP contribution is 2.29. The van der Waals surface area contributed by atoms with Gasteiger partial charge in [0.05, 0.1) is 24.6 Å². The van der Waals surface area contributed by atoms with Gasteiger partial charge in [0, 0.05) is 34.5 Å². The average Bonchev–Trinajstić information content (AvgIpc) is 3.54. The number of ketones is 1. The summed E-state index contributed by atoms with van der Waals surface area (Å²) in [7, 11) is 0. The van der Waals surface area contributed by atoms with Crippen molar-refractivity contribution in [1.82, 2.24) is 15.1 Å². The number of fused-ring (bicyclic) bond motifs is 1. The first-order chi connectivity index (χ1) is 23.3. The van der Waals surface area contributed by atoms with Gasteiger partial charge in [0.25, 0.3) is 5.91 Å². The lowest BCUT2D eigenvalue weighted by molar-refractivity contribution is -0.140. The molecule has 0 aliphatic carbocycles. The minimum Gasteiger partial charge on any atom is -0.508 e. The molecule has 48 heavy (non-hydrogen) atoms. The van der Waals surface area contributed by atoms with Gasteiger partial charge in [0.2, 0.25) is 11.8 Å². The molecule has 8 nitrogen and oxygen atoms in total. The van der Waals surface area contributed by atoms with Gasteiger partial charge in [-0.3, -0.25) is 19.2 Å². The molecule has 1 unspecified atom stereocenters. The molecule has 244 valence electrons. The molecule has 6 rings (SSSR count). The summed E-state index contributed by atoms with van der Waals surface area (Å²) in [4.78, 5) is 58.7. The van der Waals surface area contributed by atoms with E-state index in [9.17, 15) is 24.3 Å². The quantitative estimate of drug-likeness (QED) is 0.219. The number of amides is 3.